The third-order valence-electron chi connectivity index (χ3n) is 9.15. The number of rotatable bonds is 10. The molecule has 0 unspecified atom stereocenters. The summed E-state index contributed by atoms with van der Waals surface area (Å²) < 4.78 is 48.3. The van der Waals surface area contributed by atoms with Crippen molar-refractivity contribution in [2.45, 2.75) is 38.3 Å². The summed E-state index contributed by atoms with van der Waals surface area (Å²) in [5, 5.41) is 4.11. The number of carbonyl (C=O) groups excluding carboxylic acids is 1. The van der Waals surface area contributed by atoms with Gasteiger partial charge in [0.2, 0.25) is 5.79 Å². The van der Waals surface area contributed by atoms with E-state index < -0.39 is 23.5 Å². The molecule has 3 saturated heterocycles. The summed E-state index contributed by atoms with van der Waals surface area (Å²) in [7, 11) is 0. The molecule has 48 heavy (non-hydrogen) atoms. The second-order valence-electron chi connectivity index (χ2n) is 12.5. The summed E-state index contributed by atoms with van der Waals surface area (Å²) in [5.74, 6) is -2.28. The van der Waals surface area contributed by atoms with Crippen LogP contribution in [0.4, 0.5) is 30.6 Å². The topological polar surface area (TPSA) is 88.4 Å². The molecule has 0 radical (unpaired) electrons. The molecule has 0 saturated carbocycles. The summed E-state index contributed by atoms with van der Waals surface area (Å²) in [6.07, 6.45) is 2.36. The number of anilines is 3. The van der Waals surface area contributed by atoms with Gasteiger partial charge in [0.15, 0.2) is 0 Å². The minimum Gasteiger partial charge on any atom is -0.491 e. The van der Waals surface area contributed by atoms with Crippen LogP contribution < -0.4 is 19.4 Å². The van der Waals surface area contributed by atoms with Crippen molar-refractivity contribution in [3.05, 3.63) is 96.6 Å². The fourth-order valence-corrected chi connectivity index (χ4v) is 6.56. The van der Waals surface area contributed by atoms with Gasteiger partial charge in [0, 0.05) is 74.0 Å². The van der Waals surface area contributed by atoms with Crippen LogP contribution in [0.25, 0.3) is 0 Å². The van der Waals surface area contributed by atoms with Gasteiger partial charge >= 0.3 is 6.03 Å². The second kappa shape index (κ2) is 13.4. The lowest BCUT2D eigenvalue weighted by Crippen LogP contribution is -2.46. The highest BCUT2D eigenvalue weighted by molar-refractivity contribution is 5.94. The predicted molar refractivity (Wildman–Crippen MR) is 176 cm³/mol. The van der Waals surface area contributed by atoms with Crippen LogP contribution in [0.1, 0.15) is 19.4 Å². The zero-order valence-corrected chi connectivity index (χ0v) is 27.0. The number of amides is 2. The van der Waals surface area contributed by atoms with Crippen LogP contribution in [0.3, 0.4) is 0 Å². The van der Waals surface area contributed by atoms with Crippen molar-refractivity contribution in [3.8, 4) is 5.75 Å². The van der Waals surface area contributed by atoms with E-state index in [-0.39, 0.29) is 37.4 Å². The minimum atomic E-state index is -1.50. The molecule has 2 atom stereocenters. The van der Waals surface area contributed by atoms with Crippen LogP contribution in [0.2, 0.25) is 0 Å². The van der Waals surface area contributed by atoms with E-state index in [4.69, 9.17) is 14.2 Å². The quantitative estimate of drug-likeness (QED) is 0.238. The van der Waals surface area contributed by atoms with Gasteiger partial charge in [-0.2, -0.15) is 5.10 Å². The van der Waals surface area contributed by atoms with E-state index in [2.05, 4.69) is 32.0 Å². The van der Waals surface area contributed by atoms with Crippen LogP contribution in [0.15, 0.2) is 79.4 Å². The molecule has 11 nitrogen and oxygen atoms in total. The fraction of sp³-hybridized carbons (Fsp3) is 0.400. The van der Waals surface area contributed by atoms with Crippen LogP contribution in [0.5, 0.6) is 5.75 Å². The Hall–Kier alpha value is -4.75. The molecule has 4 aromatic rings. The number of hydrogen-bond donors (Lipinski definition) is 0. The van der Waals surface area contributed by atoms with Gasteiger partial charge in [-0.05, 0) is 74.5 Å². The van der Waals surface area contributed by atoms with Crippen molar-refractivity contribution >= 4 is 23.1 Å². The molecule has 1 aromatic heterocycles. The normalized spacial score (nSPS) is 21.5. The average molecular weight is 660 g/mol. The number of hydrogen-bond acceptors (Lipinski definition) is 8. The maximum Gasteiger partial charge on any atom is 0.324 e. The molecule has 3 fully saturated rings. The summed E-state index contributed by atoms with van der Waals surface area (Å²) in [6, 6.07) is 19.8. The smallest absolute Gasteiger partial charge is 0.324 e. The predicted octanol–water partition coefficient (Wildman–Crippen LogP) is 4.88. The highest BCUT2D eigenvalue weighted by Gasteiger charge is 2.46. The Morgan fingerprint density at radius 2 is 1.56 bits per heavy atom. The van der Waals surface area contributed by atoms with Gasteiger partial charge in [0.25, 0.3) is 0 Å². The number of benzene rings is 3. The average Bonchev–Trinajstić information content (AvgIpc) is 3.85. The number of ether oxygens (including phenoxy) is 3. The SMILES string of the molecule is CC(C)N1CCN(c2ccc(N3CCN(c4ccc(OC[C@H]5CO[C@](Cn6cncn6)(c6ccc(F)cc6F)O5)cc4)CC3)cc2)C1=O. The lowest BCUT2D eigenvalue weighted by atomic mass is 10.0. The van der Waals surface area contributed by atoms with Crippen LogP contribution >= 0.6 is 0 Å². The monoisotopic (exact) mass is 659 g/mol. The van der Waals surface area contributed by atoms with E-state index in [0.29, 0.717) is 12.3 Å². The third-order valence-corrected chi connectivity index (χ3v) is 9.15. The van der Waals surface area contributed by atoms with E-state index in [0.717, 1.165) is 55.9 Å². The summed E-state index contributed by atoms with van der Waals surface area (Å²) >= 11 is 0. The van der Waals surface area contributed by atoms with Gasteiger partial charge in [0.05, 0.1) is 6.61 Å². The van der Waals surface area contributed by atoms with Gasteiger partial charge in [-0.3, -0.25) is 4.90 Å². The number of halogens is 2. The van der Waals surface area contributed by atoms with E-state index >= 15 is 0 Å². The van der Waals surface area contributed by atoms with E-state index in [1.807, 2.05) is 60.0 Å². The molecule has 0 bridgehead atoms. The maximum absolute atomic E-state index is 14.9. The number of piperazine rings is 1. The van der Waals surface area contributed by atoms with Crippen molar-refractivity contribution in [1.82, 2.24) is 19.7 Å². The summed E-state index contributed by atoms with van der Waals surface area (Å²) in [4.78, 5) is 25.2. The first-order chi connectivity index (χ1) is 23.3. The Balaban J connectivity index is 0.914. The Bertz CT molecular complexity index is 1700. The Labute approximate surface area is 278 Å². The van der Waals surface area contributed by atoms with E-state index in [1.54, 1.807) is 0 Å². The molecule has 0 aliphatic carbocycles. The zero-order valence-electron chi connectivity index (χ0n) is 27.0. The number of carbonyl (C=O) groups is 1. The summed E-state index contributed by atoms with van der Waals surface area (Å²) in [6.45, 7) is 9.44. The van der Waals surface area contributed by atoms with Gasteiger partial charge in [-0.15, -0.1) is 0 Å². The lowest BCUT2D eigenvalue weighted by Gasteiger charge is -2.37. The fourth-order valence-electron chi connectivity index (χ4n) is 6.56. The van der Waals surface area contributed by atoms with Crippen molar-refractivity contribution in [3.63, 3.8) is 0 Å². The highest BCUT2D eigenvalue weighted by Crippen LogP contribution is 2.38. The largest absolute Gasteiger partial charge is 0.491 e. The summed E-state index contributed by atoms with van der Waals surface area (Å²) in [5.41, 5.74) is 3.28. The molecule has 3 aliphatic rings. The molecule has 13 heteroatoms. The first-order valence-corrected chi connectivity index (χ1v) is 16.3. The Kier molecular flexibility index (Phi) is 8.88. The van der Waals surface area contributed by atoms with Gasteiger partial charge in [-0.25, -0.2) is 23.2 Å². The standard InChI is InChI=1S/C35H39F2N7O4/c1-25(2)43-17-18-44(34(43)45)29-6-4-27(5-7-29)40-13-15-41(16-14-40)28-8-10-30(11-9-28)46-20-31-21-47-35(48-31,22-42-24-38-23-39-42)32-12-3-26(36)19-33(32)37/h3-12,19,23-25,31H,13-18,20-22H2,1-2H3/t31-,35-/m0/s1. The molecule has 0 spiro atoms. The van der Waals surface area contributed by atoms with Crippen molar-refractivity contribution in [2.24, 2.45) is 0 Å². The first kappa shape index (κ1) is 31.8. The number of urea groups is 1. The first-order valence-electron chi connectivity index (χ1n) is 16.3. The van der Waals surface area contributed by atoms with Gasteiger partial charge in [0.1, 0.15) is 49.3 Å². The molecule has 3 aromatic carbocycles. The molecular formula is C35H39F2N7O4. The minimum absolute atomic E-state index is 0.0379. The zero-order chi connectivity index (χ0) is 33.3. The second-order valence-corrected chi connectivity index (χ2v) is 12.5. The van der Waals surface area contributed by atoms with Crippen molar-refractivity contribution in [1.29, 1.82) is 0 Å². The molecule has 7 rings (SSSR count). The number of nitrogens with zero attached hydrogens (tertiary/aromatic N) is 7. The van der Waals surface area contributed by atoms with Gasteiger partial charge in [-0.1, -0.05) is 0 Å². The van der Waals surface area contributed by atoms with Crippen molar-refractivity contribution in [2.75, 3.05) is 67.2 Å². The molecule has 252 valence electrons. The molecule has 2 amide bonds. The molecular weight excluding hydrogens is 620 g/mol. The molecule has 0 N–H and O–H groups in total. The Morgan fingerprint density at radius 1 is 0.896 bits per heavy atom. The molecule has 4 heterocycles. The van der Waals surface area contributed by atoms with Crippen LogP contribution in [-0.4, -0.2) is 90.3 Å². The van der Waals surface area contributed by atoms with E-state index in [1.165, 1.54) is 29.5 Å². The highest BCUT2D eigenvalue weighted by atomic mass is 19.1. The maximum atomic E-state index is 14.9. The van der Waals surface area contributed by atoms with Gasteiger partial charge < -0.3 is 28.9 Å². The van der Waals surface area contributed by atoms with E-state index in [9.17, 15) is 13.6 Å². The Morgan fingerprint density at radius 3 is 2.17 bits per heavy atom. The lowest BCUT2D eigenvalue weighted by molar-refractivity contribution is -0.192. The molecule has 3 aliphatic heterocycles. The van der Waals surface area contributed by atoms with Crippen LogP contribution in [-0.2, 0) is 21.8 Å². The third kappa shape index (κ3) is 6.52. The van der Waals surface area contributed by atoms with Crippen LogP contribution in [0, 0.1) is 11.6 Å². The number of aromatic nitrogens is 3. The van der Waals surface area contributed by atoms with Crippen molar-refractivity contribution < 1.29 is 27.8 Å².